The van der Waals surface area contributed by atoms with Gasteiger partial charge in [-0.25, -0.2) is 9.97 Å². The first-order valence-corrected chi connectivity index (χ1v) is 4.93. The molecule has 1 atom stereocenters. The lowest BCUT2D eigenvalue weighted by molar-refractivity contribution is 0.564. The van der Waals surface area contributed by atoms with Crippen molar-refractivity contribution in [2.75, 3.05) is 18.4 Å². The van der Waals surface area contributed by atoms with Gasteiger partial charge in [0.1, 0.15) is 11.9 Å². The molecule has 1 unspecified atom stereocenters. The lowest BCUT2D eigenvalue weighted by Crippen LogP contribution is -2.37. The molecule has 0 bridgehead atoms. The average molecular weight is 203 g/mol. The second-order valence-electron chi connectivity index (χ2n) is 4.01. The average Bonchev–Trinajstić information content (AvgIpc) is 2.66. The summed E-state index contributed by atoms with van der Waals surface area (Å²) in [5.74, 6) is 0.722. The second kappa shape index (κ2) is 3.83. The molecule has 2 N–H and O–H groups in total. The van der Waals surface area contributed by atoms with Gasteiger partial charge in [0.25, 0.3) is 0 Å². The number of nitriles is 1. The summed E-state index contributed by atoms with van der Waals surface area (Å²) in [5.41, 5.74) is 0.387. The fraction of sp³-hybridized carbons (Fsp3) is 0.500. The molecule has 0 spiro atoms. The van der Waals surface area contributed by atoms with Crippen LogP contribution in [0.5, 0.6) is 0 Å². The van der Waals surface area contributed by atoms with Crippen LogP contribution in [0.1, 0.15) is 19.0 Å². The summed E-state index contributed by atoms with van der Waals surface area (Å²) >= 11 is 0. The van der Waals surface area contributed by atoms with E-state index in [2.05, 4.69) is 27.5 Å². The molecule has 78 valence electrons. The Labute approximate surface area is 88.5 Å². The van der Waals surface area contributed by atoms with Crippen LogP contribution in [0.15, 0.2) is 12.4 Å². The molecule has 1 aliphatic heterocycles. The van der Waals surface area contributed by atoms with E-state index in [1.165, 1.54) is 6.20 Å². The van der Waals surface area contributed by atoms with Gasteiger partial charge in [-0.15, -0.1) is 0 Å². The van der Waals surface area contributed by atoms with Crippen LogP contribution in [0.2, 0.25) is 0 Å². The van der Waals surface area contributed by atoms with Crippen LogP contribution in [0, 0.1) is 11.3 Å². The van der Waals surface area contributed by atoms with Gasteiger partial charge in [0.2, 0.25) is 0 Å². The molecule has 15 heavy (non-hydrogen) atoms. The van der Waals surface area contributed by atoms with Crippen molar-refractivity contribution in [2.24, 2.45) is 0 Å². The van der Waals surface area contributed by atoms with E-state index in [1.54, 1.807) is 6.20 Å². The molecule has 0 aliphatic carbocycles. The highest BCUT2D eigenvalue weighted by atomic mass is 15.1. The maximum absolute atomic E-state index is 8.58. The van der Waals surface area contributed by atoms with Gasteiger partial charge in [-0.1, -0.05) is 0 Å². The Morgan fingerprint density at radius 1 is 1.53 bits per heavy atom. The zero-order chi connectivity index (χ0) is 10.7. The number of hydrogen-bond acceptors (Lipinski definition) is 5. The van der Waals surface area contributed by atoms with Crippen molar-refractivity contribution in [2.45, 2.75) is 18.9 Å². The van der Waals surface area contributed by atoms with Crippen molar-refractivity contribution in [3.63, 3.8) is 0 Å². The zero-order valence-corrected chi connectivity index (χ0v) is 8.62. The number of nitrogens with one attached hydrogen (secondary N) is 2. The van der Waals surface area contributed by atoms with E-state index in [0.29, 0.717) is 5.69 Å². The van der Waals surface area contributed by atoms with Crippen molar-refractivity contribution in [1.29, 1.82) is 5.26 Å². The van der Waals surface area contributed by atoms with Gasteiger partial charge >= 0.3 is 0 Å². The first kappa shape index (κ1) is 9.87. The predicted octanol–water partition coefficient (Wildman–Crippen LogP) is 0.512. The molecular weight excluding hydrogens is 190 g/mol. The fourth-order valence-electron chi connectivity index (χ4n) is 1.68. The molecule has 0 radical (unpaired) electrons. The first-order chi connectivity index (χ1) is 7.22. The van der Waals surface area contributed by atoms with Crippen LogP contribution >= 0.6 is 0 Å². The largest absolute Gasteiger partial charge is 0.362 e. The van der Waals surface area contributed by atoms with E-state index in [4.69, 9.17) is 5.26 Å². The zero-order valence-electron chi connectivity index (χ0n) is 8.62. The maximum Gasteiger partial charge on any atom is 0.158 e. The summed E-state index contributed by atoms with van der Waals surface area (Å²) in [4.78, 5) is 8.10. The van der Waals surface area contributed by atoms with Crippen LogP contribution in [-0.2, 0) is 0 Å². The standard InChI is InChI=1S/C10H13N5/c1-10(2-3-12-7-10)15-9-6-13-8(4-11)5-14-9/h5-6,12H,2-3,7H2,1H3,(H,14,15). The summed E-state index contributed by atoms with van der Waals surface area (Å²) in [6.45, 7) is 4.09. The van der Waals surface area contributed by atoms with Gasteiger partial charge in [0, 0.05) is 12.1 Å². The van der Waals surface area contributed by atoms with Crippen LogP contribution in [0.3, 0.4) is 0 Å². The van der Waals surface area contributed by atoms with Crippen molar-refractivity contribution in [3.05, 3.63) is 18.1 Å². The minimum atomic E-state index is 0.0445. The molecule has 1 fully saturated rings. The fourth-order valence-corrected chi connectivity index (χ4v) is 1.68. The molecule has 1 aromatic rings. The Morgan fingerprint density at radius 3 is 2.93 bits per heavy atom. The van der Waals surface area contributed by atoms with E-state index in [0.717, 1.165) is 25.3 Å². The van der Waals surface area contributed by atoms with Crippen molar-refractivity contribution < 1.29 is 0 Å². The molecule has 5 nitrogen and oxygen atoms in total. The van der Waals surface area contributed by atoms with E-state index >= 15 is 0 Å². The second-order valence-corrected chi connectivity index (χ2v) is 4.01. The van der Waals surface area contributed by atoms with Crippen molar-refractivity contribution >= 4 is 5.82 Å². The van der Waals surface area contributed by atoms with Crippen LogP contribution in [0.25, 0.3) is 0 Å². The molecule has 2 rings (SSSR count). The minimum Gasteiger partial charge on any atom is -0.362 e. The summed E-state index contributed by atoms with van der Waals surface area (Å²) in [7, 11) is 0. The van der Waals surface area contributed by atoms with E-state index in [-0.39, 0.29) is 5.54 Å². The van der Waals surface area contributed by atoms with Crippen LogP contribution in [0.4, 0.5) is 5.82 Å². The Bertz CT molecular complexity index is 372. The lowest BCUT2D eigenvalue weighted by Gasteiger charge is -2.24. The molecule has 0 amide bonds. The molecule has 1 aliphatic rings. The van der Waals surface area contributed by atoms with Gasteiger partial charge < -0.3 is 10.6 Å². The third kappa shape index (κ3) is 2.22. The number of hydrogen-bond donors (Lipinski definition) is 2. The molecule has 0 saturated carbocycles. The molecular formula is C10H13N5. The topological polar surface area (TPSA) is 73.6 Å². The highest BCUT2D eigenvalue weighted by molar-refractivity contribution is 5.37. The maximum atomic E-state index is 8.58. The normalized spacial score (nSPS) is 24.8. The Morgan fingerprint density at radius 2 is 2.40 bits per heavy atom. The third-order valence-corrected chi connectivity index (χ3v) is 2.56. The number of nitrogens with zero attached hydrogens (tertiary/aromatic N) is 3. The van der Waals surface area contributed by atoms with E-state index < -0.39 is 0 Å². The smallest absolute Gasteiger partial charge is 0.158 e. The molecule has 1 aromatic heterocycles. The predicted molar refractivity (Wildman–Crippen MR) is 56.3 cm³/mol. The van der Waals surface area contributed by atoms with Gasteiger partial charge in [-0.3, -0.25) is 0 Å². The Kier molecular flexibility index (Phi) is 2.52. The third-order valence-electron chi connectivity index (χ3n) is 2.56. The first-order valence-electron chi connectivity index (χ1n) is 4.93. The van der Waals surface area contributed by atoms with Crippen LogP contribution in [-0.4, -0.2) is 28.6 Å². The summed E-state index contributed by atoms with van der Waals surface area (Å²) < 4.78 is 0. The SMILES string of the molecule is CC1(Nc2cnc(C#N)cn2)CCNC1. The van der Waals surface area contributed by atoms with Gasteiger partial charge in [0.05, 0.1) is 12.4 Å². The van der Waals surface area contributed by atoms with Gasteiger partial charge in [-0.2, -0.15) is 5.26 Å². The van der Waals surface area contributed by atoms with E-state index in [9.17, 15) is 0 Å². The minimum absolute atomic E-state index is 0.0445. The molecule has 2 heterocycles. The number of aromatic nitrogens is 2. The van der Waals surface area contributed by atoms with Crippen LogP contribution < -0.4 is 10.6 Å². The van der Waals surface area contributed by atoms with Crippen molar-refractivity contribution in [1.82, 2.24) is 15.3 Å². The van der Waals surface area contributed by atoms with Gasteiger partial charge in [0.15, 0.2) is 5.69 Å². The number of anilines is 1. The summed E-state index contributed by atoms with van der Waals surface area (Å²) in [5, 5.41) is 15.2. The lowest BCUT2D eigenvalue weighted by atomic mass is 10.0. The van der Waals surface area contributed by atoms with E-state index in [1.807, 2.05) is 6.07 Å². The highest BCUT2D eigenvalue weighted by Gasteiger charge is 2.28. The van der Waals surface area contributed by atoms with Gasteiger partial charge in [-0.05, 0) is 19.9 Å². The quantitative estimate of drug-likeness (QED) is 0.732. The summed E-state index contributed by atoms with van der Waals surface area (Å²) in [6, 6.07) is 1.94. The highest BCUT2D eigenvalue weighted by Crippen LogP contribution is 2.18. The monoisotopic (exact) mass is 203 g/mol. The molecule has 0 aromatic carbocycles. The Hall–Kier alpha value is -1.67. The Balaban J connectivity index is 2.08. The molecule has 1 saturated heterocycles. The molecule has 5 heteroatoms. The number of rotatable bonds is 2. The van der Waals surface area contributed by atoms with Crippen molar-refractivity contribution in [3.8, 4) is 6.07 Å². The summed E-state index contributed by atoms with van der Waals surface area (Å²) in [6.07, 6.45) is 4.14.